The lowest BCUT2D eigenvalue weighted by Gasteiger charge is -2.11. The number of anilines is 1. The van der Waals surface area contributed by atoms with Crippen LogP contribution in [-0.4, -0.2) is 12.1 Å². The van der Waals surface area contributed by atoms with Crippen LogP contribution in [0.1, 0.15) is 23.6 Å². The molecule has 0 aliphatic carbocycles. The number of pyridine rings is 1. The number of ether oxygens (including phenoxy) is 1. The molecule has 3 nitrogen and oxygen atoms in total. The fraction of sp³-hybridized carbons (Fsp3) is 0.312. The summed E-state index contributed by atoms with van der Waals surface area (Å²) >= 11 is 3.42. The predicted octanol–water partition coefficient (Wildman–Crippen LogP) is 4.34. The second kappa shape index (κ2) is 6.75. The average molecular weight is 335 g/mol. The Morgan fingerprint density at radius 3 is 2.75 bits per heavy atom. The number of hydrogen-bond donors (Lipinski definition) is 1. The van der Waals surface area contributed by atoms with Crippen LogP contribution in [0.3, 0.4) is 0 Å². The van der Waals surface area contributed by atoms with Gasteiger partial charge in [-0.3, -0.25) is 0 Å². The summed E-state index contributed by atoms with van der Waals surface area (Å²) in [7, 11) is 1.71. The SMILES string of the molecule is CCc1cc(CNc2ncc(Br)cc2C)ccc1OC. The zero-order chi connectivity index (χ0) is 14.5. The van der Waals surface area contributed by atoms with E-state index >= 15 is 0 Å². The molecule has 1 N–H and O–H groups in total. The normalized spacial score (nSPS) is 10.4. The summed E-state index contributed by atoms with van der Waals surface area (Å²) in [5, 5.41) is 3.37. The molecule has 20 heavy (non-hydrogen) atoms. The van der Waals surface area contributed by atoms with E-state index in [4.69, 9.17) is 4.74 Å². The van der Waals surface area contributed by atoms with E-state index in [1.165, 1.54) is 11.1 Å². The van der Waals surface area contributed by atoms with E-state index in [1.54, 1.807) is 13.3 Å². The van der Waals surface area contributed by atoms with E-state index in [2.05, 4.69) is 51.4 Å². The minimum atomic E-state index is 0.756. The molecule has 0 saturated heterocycles. The molecule has 0 spiro atoms. The van der Waals surface area contributed by atoms with Gasteiger partial charge < -0.3 is 10.1 Å². The van der Waals surface area contributed by atoms with Crippen LogP contribution in [0.25, 0.3) is 0 Å². The molecule has 1 heterocycles. The summed E-state index contributed by atoms with van der Waals surface area (Å²) in [5.41, 5.74) is 3.59. The highest BCUT2D eigenvalue weighted by molar-refractivity contribution is 9.10. The highest BCUT2D eigenvalue weighted by atomic mass is 79.9. The first-order chi connectivity index (χ1) is 9.63. The molecular weight excluding hydrogens is 316 g/mol. The number of hydrogen-bond acceptors (Lipinski definition) is 3. The molecule has 4 heteroatoms. The molecule has 1 aromatic carbocycles. The molecule has 0 saturated carbocycles. The van der Waals surface area contributed by atoms with Crippen LogP contribution in [0.15, 0.2) is 34.9 Å². The van der Waals surface area contributed by atoms with Gasteiger partial charge in [-0.2, -0.15) is 0 Å². The molecule has 0 aliphatic heterocycles. The maximum absolute atomic E-state index is 5.35. The van der Waals surface area contributed by atoms with E-state index in [0.717, 1.165) is 34.6 Å². The third-order valence-electron chi connectivity index (χ3n) is 3.23. The second-order valence-corrected chi connectivity index (χ2v) is 5.59. The van der Waals surface area contributed by atoms with Crippen molar-refractivity contribution >= 4 is 21.7 Å². The number of methoxy groups -OCH3 is 1. The van der Waals surface area contributed by atoms with E-state index < -0.39 is 0 Å². The van der Waals surface area contributed by atoms with E-state index in [1.807, 2.05) is 13.0 Å². The maximum Gasteiger partial charge on any atom is 0.129 e. The summed E-state index contributed by atoms with van der Waals surface area (Å²) in [6.45, 7) is 4.94. The first-order valence-electron chi connectivity index (χ1n) is 6.65. The van der Waals surface area contributed by atoms with Crippen molar-refractivity contribution in [3.8, 4) is 5.75 Å². The molecule has 0 aliphatic rings. The Kier molecular flexibility index (Phi) is 5.01. The van der Waals surface area contributed by atoms with Gasteiger partial charge in [-0.1, -0.05) is 19.1 Å². The van der Waals surface area contributed by atoms with Crippen LogP contribution in [0.5, 0.6) is 5.75 Å². The molecule has 0 amide bonds. The summed E-state index contributed by atoms with van der Waals surface area (Å²) in [5.74, 6) is 1.87. The Balaban J connectivity index is 2.10. The van der Waals surface area contributed by atoms with Crippen molar-refractivity contribution in [2.24, 2.45) is 0 Å². The molecule has 0 unspecified atom stereocenters. The molecule has 2 aromatic rings. The average Bonchev–Trinajstić information content (AvgIpc) is 2.46. The Morgan fingerprint density at radius 1 is 1.30 bits per heavy atom. The van der Waals surface area contributed by atoms with Crippen LogP contribution >= 0.6 is 15.9 Å². The van der Waals surface area contributed by atoms with Crippen LogP contribution in [0.4, 0.5) is 5.82 Å². The van der Waals surface area contributed by atoms with Gasteiger partial charge >= 0.3 is 0 Å². The minimum absolute atomic E-state index is 0.756. The second-order valence-electron chi connectivity index (χ2n) is 4.67. The summed E-state index contributed by atoms with van der Waals surface area (Å²) in [6.07, 6.45) is 2.77. The number of aromatic nitrogens is 1. The monoisotopic (exact) mass is 334 g/mol. The zero-order valence-electron chi connectivity index (χ0n) is 12.0. The number of benzene rings is 1. The van der Waals surface area contributed by atoms with Gasteiger partial charge in [0.15, 0.2) is 0 Å². The molecule has 0 atom stereocenters. The predicted molar refractivity (Wildman–Crippen MR) is 86.4 cm³/mol. The van der Waals surface area contributed by atoms with Crippen molar-refractivity contribution < 1.29 is 4.74 Å². The van der Waals surface area contributed by atoms with Crippen molar-refractivity contribution in [2.75, 3.05) is 12.4 Å². The van der Waals surface area contributed by atoms with E-state index in [-0.39, 0.29) is 0 Å². The van der Waals surface area contributed by atoms with Crippen LogP contribution in [-0.2, 0) is 13.0 Å². The topological polar surface area (TPSA) is 34.2 Å². The van der Waals surface area contributed by atoms with Gasteiger partial charge in [0.1, 0.15) is 11.6 Å². The van der Waals surface area contributed by atoms with Crippen LogP contribution in [0.2, 0.25) is 0 Å². The standard InChI is InChI=1S/C16H19BrN2O/c1-4-13-8-12(5-6-15(13)20-3)9-18-16-11(2)7-14(17)10-19-16/h5-8,10H,4,9H2,1-3H3,(H,18,19). The summed E-state index contributed by atoms with van der Waals surface area (Å²) in [6, 6.07) is 8.34. The van der Waals surface area contributed by atoms with Gasteiger partial charge in [-0.15, -0.1) is 0 Å². The first-order valence-corrected chi connectivity index (χ1v) is 7.45. The smallest absolute Gasteiger partial charge is 0.129 e. The highest BCUT2D eigenvalue weighted by Crippen LogP contribution is 2.22. The fourth-order valence-electron chi connectivity index (χ4n) is 2.13. The minimum Gasteiger partial charge on any atom is -0.496 e. The Bertz CT molecular complexity index is 599. The Morgan fingerprint density at radius 2 is 2.10 bits per heavy atom. The van der Waals surface area contributed by atoms with Gasteiger partial charge in [-0.25, -0.2) is 4.98 Å². The quantitative estimate of drug-likeness (QED) is 0.883. The fourth-order valence-corrected chi connectivity index (χ4v) is 2.58. The van der Waals surface area contributed by atoms with Crippen LogP contribution in [0, 0.1) is 6.92 Å². The molecular formula is C16H19BrN2O. The van der Waals surface area contributed by atoms with Crippen molar-refractivity contribution in [1.29, 1.82) is 0 Å². The summed E-state index contributed by atoms with van der Waals surface area (Å²) in [4.78, 5) is 4.39. The third kappa shape index (κ3) is 3.51. The lowest BCUT2D eigenvalue weighted by Crippen LogP contribution is -2.04. The van der Waals surface area contributed by atoms with Gasteiger partial charge in [0, 0.05) is 17.2 Å². The van der Waals surface area contributed by atoms with E-state index in [0.29, 0.717) is 0 Å². The lowest BCUT2D eigenvalue weighted by molar-refractivity contribution is 0.410. The highest BCUT2D eigenvalue weighted by Gasteiger charge is 2.04. The number of rotatable bonds is 5. The number of aryl methyl sites for hydroxylation is 2. The zero-order valence-corrected chi connectivity index (χ0v) is 13.6. The van der Waals surface area contributed by atoms with Gasteiger partial charge in [0.05, 0.1) is 7.11 Å². The van der Waals surface area contributed by atoms with Crippen molar-refractivity contribution in [3.05, 3.63) is 51.6 Å². The maximum atomic E-state index is 5.35. The van der Waals surface area contributed by atoms with E-state index in [9.17, 15) is 0 Å². The van der Waals surface area contributed by atoms with Gasteiger partial charge in [0.25, 0.3) is 0 Å². The summed E-state index contributed by atoms with van der Waals surface area (Å²) < 4.78 is 6.35. The van der Waals surface area contributed by atoms with Crippen LogP contribution < -0.4 is 10.1 Å². The number of nitrogens with zero attached hydrogens (tertiary/aromatic N) is 1. The molecule has 1 aromatic heterocycles. The van der Waals surface area contributed by atoms with Crippen molar-refractivity contribution in [1.82, 2.24) is 4.98 Å². The number of halogens is 1. The third-order valence-corrected chi connectivity index (χ3v) is 3.66. The number of nitrogens with one attached hydrogen (secondary N) is 1. The molecule has 0 bridgehead atoms. The lowest BCUT2D eigenvalue weighted by atomic mass is 10.1. The Labute approximate surface area is 128 Å². The van der Waals surface area contributed by atoms with Gasteiger partial charge in [0.2, 0.25) is 0 Å². The van der Waals surface area contributed by atoms with Gasteiger partial charge in [-0.05, 0) is 58.1 Å². The molecule has 106 valence electrons. The molecule has 0 radical (unpaired) electrons. The van der Waals surface area contributed by atoms with Crippen molar-refractivity contribution in [2.45, 2.75) is 26.8 Å². The molecule has 2 rings (SSSR count). The first kappa shape index (κ1) is 14.9. The van der Waals surface area contributed by atoms with Crippen molar-refractivity contribution in [3.63, 3.8) is 0 Å². The largest absolute Gasteiger partial charge is 0.496 e. The Hall–Kier alpha value is -1.55. The molecule has 0 fully saturated rings.